The molecule has 0 saturated heterocycles. The number of halogens is 1. The van der Waals surface area contributed by atoms with Gasteiger partial charge in [0.25, 0.3) is 0 Å². The Labute approximate surface area is 123 Å². The van der Waals surface area contributed by atoms with E-state index in [4.69, 9.17) is 10.8 Å². The van der Waals surface area contributed by atoms with E-state index < -0.39 is 31.0 Å². The number of carboxylic acids is 1. The average molecular weight is 344 g/mol. The van der Waals surface area contributed by atoms with Crippen LogP contribution in [0.4, 0.5) is 10.5 Å². The van der Waals surface area contributed by atoms with Gasteiger partial charge in [-0.25, -0.2) is 4.79 Å². The summed E-state index contributed by atoms with van der Waals surface area (Å²) in [5.74, 6) is -2.02. The van der Waals surface area contributed by atoms with Crippen LogP contribution in [0.15, 0.2) is 22.7 Å². The highest BCUT2D eigenvalue weighted by molar-refractivity contribution is 9.10. The van der Waals surface area contributed by atoms with Crippen LogP contribution in [0, 0.1) is 6.92 Å². The average Bonchev–Trinajstić information content (AvgIpc) is 2.30. The molecule has 0 saturated carbocycles. The lowest BCUT2D eigenvalue weighted by molar-refractivity contribution is -0.137. The van der Waals surface area contributed by atoms with Crippen molar-refractivity contribution in [1.82, 2.24) is 4.90 Å². The van der Waals surface area contributed by atoms with Crippen molar-refractivity contribution < 1.29 is 19.5 Å². The van der Waals surface area contributed by atoms with Crippen molar-refractivity contribution in [2.75, 3.05) is 18.4 Å². The smallest absolute Gasteiger partial charge is 0.323 e. The first-order chi connectivity index (χ1) is 9.29. The normalized spacial score (nSPS) is 9.90. The first-order valence-corrected chi connectivity index (χ1v) is 6.41. The summed E-state index contributed by atoms with van der Waals surface area (Å²) in [6.45, 7) is 0.806. The Morgan fingerprint density at radius 2 is 2.00 bits per heavy atom. The van der Waals surface area contributed by atoms with Gasteiger partial charge in [-0.15, -0.1) is 0 Å². The van der Waals surface area contributed by atoms with Crippen LogP contribution in [0.1, 0.15) is 5.56 Å². The van der Waals surface area contributed by atoms with Gasteiger partial charge in [0.05, 0.1) is 5.69 Å². The molecule has 3 amide bonds. The molecule has 20 heavy (non-hydrogen) atoms. The molecule has 0 fully saturated rings. The predicted molar refractivity (Wildman–Crippen MR) is 76.3 cm³/mol. The zero-order valence-corrected chi connectivity index (χ0v) is 12.3. The molecular weight excluding hydrogens is 330 g/mol. The van der Waals surface area contributed by atoms with Crippen LogP contribution >= 0.6 is 15.9 Å². The Hall–Kier alpha value is -2.09. The van der Waals surface area contributed by atoms with Crippen molar-refractivity contribution in [3.05, 3.63) is 28.2 Å². The minimum Gasteiger partial charge on any atom is -0.480 e. The molecule has 0 aliphatic carbocycles. The number of carboxylic acid groups (broad SMARTS) is 1. The Morgan fingerprint density at radius 1 is 1.35 bits per heavy atom. The zero-order valence-electron chi connectivity index (χ0n) is 10.7. The third kappa shape index (κ3) is 4.88. The van der Waals surface area contributed by atoms with E-state index in [1.165, 1.54) is 0 Å². The fraction of sp³-hybridized carbons (Fsp3) is 0.250. The third-order valence-electron chi connectivity index (χ3n) is 2.33. The summed E-state index contributed by atoms with van der Waals surface area (Å²) in [6.07, 6.45) is 0. The summed E-state index contributed by atoms with van der Waals surface area (Å²) >= 11 is 3.29. The van der Waals surface area contributed by atoms with Gasteiger partial charge in [-0.3, -0.25) is 9.59 Å². The molecule has 0 aromatic heterocycles. The van der Waals surface area contributed by atoms with E-state index in [0.717, 1.165) is 10.5 Å². The number of hydrogen-bond donors (Lipinski definition) is 3. The highest BCUT2D eigenvalue weighted by Gasteiger charge is 2.19. The molecule has 1 rings (SSSR count). The van der Waals surface area contributed by atoms with Crippen LogP contribution in [0.3, 0.4) is 0 Å². The van der Waals surface area contributed by atoms with Crippen LogP contribution in [-0.2, 0) is 9.59 Å². The van der Waals surface area contributed by atoms with E-state index in [0.29, 0.717) is 10.2 Å². The molecule has 7 nitrogen and oxygen atoms in total. The Balaban J connectivity index is 2.84. The Morgan fingerprint density at radius 3 is 2.50 bits per heavy atom. The second kappa shape index (κ2) is 6.90. The van der Waals surface area contributed by atoms with Gasteiger partial charge in [-0.1, -0.05) is 6.07 Å². The van der Waals surface area contributed by atoms with Gasteiger partial charge in [0.1, 0.15) is 13.1 Å². The lowest BCUT2D eigenvalue weighted by atomic mass is 10.2. The molecular formula is C12H14BrN3O4. The number of primary amides is 1. The maximum Gasteiger partial charge on any atom is 0.323 e. The SMILES string of the molecule is Cc1ccc(NC(=O)N(CC(N)=O)CC(=O)O)c(Br)c1. The lowest BCUT2D eigenvalue weighted by Crippen LogP contribution is -2.43. The van der Waals surface area contributed by atoms with Crippen molar-refractivity contribution in [2.45, 2.75) is 6.92 Å². The number of rotatable bonds is 5. The number of urea groups is 1. The predicted octanol–water partition coefficient (Wildman–Crippen LogP) is 1.16. The third-order valence-corrected chi connectivity index (χ3v) is 2.98. The molecule has 8 heteroatoms. The van der Waals surface area contributed by atoms with Gasteiger partial charge >= 0.3 is 12.0 Å². The van der Waals surface area contributed by atoms with Crippen LogP contribution in [0.25, 0.3) is 0 Å². The van der Waals surface area contributed by atoms with Gasteiger partial charge in [0, 0.05) is 4.47 Å². The standard InChI is InChI=1S/C12H14BrN3O4/c1-7-2-3-9(8(13)4-7)15-12(20)16(5-10(14)17)6-11(18)19/h2-4H,5-6H2,1H3,(H2,14,17)(H,15,20)(H,18,19). The molecule has 0 unspecified atom stereocenters. The number of carbonyl (C=O) groups excluding carboxylic acids is 2. The minimum absolute atomic E-state index is 0.471. The Kier molecular flexibility index (Phi) is 5.51. The molecule has 4 N–H and O–H groups in total. The molecule has 1 aromatic rings. The van der Waals surface area contributed by atoms with Crippen LogP contribution in [0.2, 0.25) is 0 Å². The first-order valence-electron chi connectivity index (χ1n) is 5.61. The van der Waals surface area contributed by atoms with Gasteiger partial charge in [-0.2, -0.15) is 0 Å². The van der Waals surface area contributed by atoms with Gasteiger partial charge < -0.3 is 21.1 Å². The van der Waals surface area contributed by atoms with E-state index in [1.807, 2.05) is 6.92 Å². The molecule has 0 heterocycles. The number of carbonyl (C=O) groups is 3. The quantitative estimate of drug-likeness (QED) is 0.744. The van der Waals surface area contributed by atoms with Crippen molar-refractivity contribution in [1.29, 1.82) is 0 Å². The number of nitrogens with two attached hydrogens (primary N) is 1. The molecule has 0 aliphatic rings. The van der Waals surface area contributed by atoms with Gasteiger partial charge in [0.15, 0.2) is 0 Å². The monoisotopic (exact) mass is 343 g/mol. The number of anilines is 1. The number of amides is 3. The summed E-state index contributed by atoms with van der Waals surface area (Å²) in [6, 6.07) is 4.54. The van der Waals surface area contributed by atoms with Crippen molar-refractivity contribution in [2.24, 2.45) is 5.73 Å². The first kappa shape index (κ1) is 16.0. The molecule has 0 spiro atoms. The highest BCUT2D eigenvalue weighted by atomic mass is 79.9. The highest BCUT2D eigenvalue weighted by Crippen LogP contribution is 2.23. The lowest BCUT2D eigenvalue weighted by Gasteiger charge is -2.20. The number of aliphatic carboxylic acids is 1. The zero-order chi connectivity index (χ0) is 15.3. The van der Waals surface area contributed by atoms with E-state index in [1.54, 1.807) is 18.2 Å². The fourth-order valence-electron chi connectivity index (χ4n) is 1.47. The topological polar surface area (TPSA) is 113 Å². The van der Waals surface area contributed by atoms with Crippen LogP contribution in [-0.4, -0.2) is 41.0 Å². The second-order valence-corrected chi connectivity index (χ2v) is 4.98. The minimum atomic E-state index is -1.23. The molecule has 0 atom stereocenters. The van der Waals surface area contributed by atoms with E-state index in [9.17, 15) is 14.4 Å². The van der Waals surface area contributed by atoms with Crippen LogP contribution < -0.4 is 11.1 Å². The van der Waals surface area contributed by atoms with Crippen LogP contribution in [0.5, 0.6) is 0 Å². The molecule has 0 radical (unpaired) electrons. The maximum atomic E-state index is 11.9. The van der Waals surface area contributed by atoms with Gasteiger partial charge in [0.2, 0.25) is 5.91 Å². The summed E-state index contributed by atoms with van der Waals surface area (Å²) in [7, 11) is 0. The van der Waals surface area contributed by atoms with Crippen molar-refractivity contribution in [3.8, 4) is 0 Å². The summed E-state index contributed by atoms with van der Waals surface area (Å²) in [5, 5.41) is 11.2. The van der Waals surface area contributed by atoms with E-state index in [-0.39, 0.29) is 0 Å². The maximum absolute atomic E-state index is 11.9. The number of hydrogen-bond acceptors (Lipinski definition) is 3. The summed E-state index contributed by atoms with van der Waals surface area (Å²) in [4.78, 5) is 34.3. The molecule has 1 aromatic carbocycles. The van der Waals surface area contributed by atoms with Gasteiger partial charge in [-0.05, 0) is 40.5 Å². The fourth-order valence-corrected chi connectivity index (χ4v) is 2.06. The number of aryl methyl sites for hydroxylation is 1. The Bertz CT molecular complexity index is 532. The molecule has 0 bridgehead atoms. The number of nitrogens with one attached hydrogen (secondary N) is 1. The summed E-state index contributed by atoms with van der Waals surface area (Å²) in [5.41, 5.74) is 6.45. The second-order valence-electron chi connectivity index (χ2n) is 4.13. The molecule has 0 aliphatic heterocycles. The van der Waals surface area contributed by atoms with E-state index >= 15 is 0 Å². The van der Waals surface area contributed by atoms with Crippen molar-refractivity contribution >= 4 is 39.5 Å². The number of nitrogens with zero attached hydrogens (tertiary/aromatic N) is 1. The largest absolute Gasteiger partial charge is 0.480 e. The van der Waals surface area contributed by atoms with Crippen molar-refractivity contribution in [3.63, 3.8) is 0 Å². The number of benzene rings is 1. The summed E-state index contributed by atoms with van der Waals surface area (Å²) < 4.78 is 0.653. The molecule has 108 valence electrons. The van der Waals surface area contributed by atoms with E-state index in [2.05, 4.69) is 21.2 Å².